The first-order valence-corrected chi connectivity index (χ1v) is 11.4. The molecule has 0 fully saturated rings. The van der Waals surface area contributed by atoms with Crippen molar-refractivity contribution >= 4 is 11.6 Å². The van der Waals surface area contributed by atoms with Gasteiger partial charge in [0.25, 0.3) is 0 Å². The van der Waals surface area contributed by atoms with Crippen LogP contribution in [-0.2, 0) is 22.4 Å². The van der Waals surface area contributed by atoms with Crippen LogP contribution in [0.2, 0.25) is 0 Å². The summed E-state index contributed by atoms with van der Waals surface area (Å²) >= 11 is 0. The number of hydrogen-bond acceptors (Lipinski definition) is 5. The molecule has 2 N–H and O–H groups in total. The van der Waals surface area contributed by atoms with Gasteiger partial charge in [-0.25, -0.2) is 0 Å². The molecule has 0 saturated heterocycles. The minimum atomic E-state index is -0.860. The molecular weight excluding hydrogens is 430 g/mol. The number of nitrogens with one attached hydrogen (secondary N) is 1. The molecule has 0 radical (unpaired) electrons. The number of anilines is 1. The van der Waals surface area contributed by atoms with Crippen molar-refractivity contribution in [2.45, 2.75) is 44.5 Å². The van der Waals surface area contributed by atoms with Crippen LogP contribution in [0, 0.1) is 0 Å². The molecule has 0 saturated carbocycles. The topological polar surface area (TPSA) is 77.0 Å². The molecule has 6 nitrogen and oxygen atoms in total. The first-order chi connectivity index (χ1) is 16.4. The Morgan fingerprint density at radius 1 is 1.03 bits per heavy atom. The lowest BCUT2D eigenvalue weighted by atomic mass is 9.88. The zero-order valence-corrected chi connectivity index (χ0v) is 19.8. The molecule has 1 aliphatic rings. The molecular formula is C28H31NO5. The predicted molar refractivity (Wildman–Crippen MR) is 131 cm³/mol. The van der Waals surface area contributed by atoms with Gasteiger partial charge in [0.1, 0.15) is 29.3 Å². The van der Waals surface area contributed by atoms with E-state index in [4.69, 9.17) is 14.2 Å². The second-order valence-electron chi connectivity index (χ2n) is 9.00. The molecule has 6 heteroatoms. The Balaban J connectivity index is 1.47. The number of hydrogen-bond donors (Lipinski definition) is 2. The van der Waals surface area contributed by atoms with E-state index in [-0.39, 0.29) is 12.3 Å². The lowest BCUT2D eigenvalue weighted by molar-refractivity contribution is -0.134. The Labute approximate surface area is 200 Å². The molecule has 1 heterocycles. The number of methoxy groups -OCH3 is 1. The summed E-state index contributed by atoms with van der Waals surface area (Å²) < 4.78 is 17.4. The number of amides is 1. The predicted octanol–water partition coefficient (Wildman–Crippen LogP) is 4.71. The highest BCUT2D eigenvalue weighted by molar-refractivity contribution is 5.92. The highest BCUT2D eigenvalue weighted by atomic mass is 16.5. The summed E-state index contributed by atoms with van der Waals surface area (Å²) in [5.74, 6) is 1.26. The van der Waals surface area contributed by atoms with Gasteiger partial charge in [-0.1, -0.05) is 42.5 Å². The highest BCUT2D eigenvalue weighted by Crippen LogP contribution is 2.43. The summed E-state index contributed by atoms with van der Waals surface area (Å²) in [7, 11) is 1.61. The van der Waals surface area contributed by atoms with Crippen LogP contribution in [0.5, 0.6) is 11.5 Å². The van der Waals surface area contributed by atoms with Crippen molar-refractivity contribution in [2.75, 3.05) is 19.0 Å². The SMILES string of the molecule is COc1ccc(CC(=O)Nc2ccc3c(c2)C(OCCc2ccccc2)C(O)C(C)(C)O3)cc1. The van der Waals surface area contributed by atoms with E-state index >= 15 is 0 Å². The lowest BCUT2D eigenvalue weighted by Crippen LogP contribution is -2.49. The minimum Gasteiger partial charge on any atom is -0.497 e. The smallest absolute Gasteiger partial charge is 0.228 e. The number of aliphatic hydroxyl groups is 1. The molecule has 2 unspecified atom stereocenters. The third-order valence-electron chi connectivity index (χ3n) is 6.03. The fraction of sp³-hybridized carbons (Fsp3) is 0.321. The number of carbonyl (C=O) groups excluding carboxylic acids is 1. The van der Waals surface area contributed by atoms with E-state index in [0.29, 0.717) is 18.0 Å². The largest absolute Gasteiger partial charge is 0.497 e. The average molecular weight is 462 g/mol. The van der Waals surface area contributed by atoms with Gasteiger partial charge < -0.3 is 24.6 Å². The molecule has 1 amide bonds. The minimum absolute atomic E-state index is 0.135. The fourth-order valence-corrected chi connectivity index (χ4v) is 4.08. The number of benzene rings is 3. The van der Waals surface area contributed by atoms with E-state index in [1.807, 2.05) is 68.4 Å². The van der Waals surface area contributed by atoms with Gasteiger partial charge in [-0.05, 0) is 61.7 Å². The molecule has 34 heavy (non-hydrogen) atoms. The Hall–Kier alpha value is -3.35. The van der Waals surface area contributed by atoms with Crippen LogP contribution in [0.4, 0.5) is 5.69 Å². The summed E-state index contributed by atoms with van der Waals surface area (Å²) in [6.45, 7) is 4.15. The van der Waals surface area contributed by atoms with Crippen LogP contribution in [0.25, 0.3) is 0 Å². The summed E-state index contributed by atoms with van der Waals surface area (Å²) in [5.41, 5.74) is 2.61. The summed E-state index contributed by atoms with van der Waals surface area (Å²) in [6, 6.07) is 22.9. The summed E-state index contributed by atoms with van der Waals surface area (Å²) in [6.07, 6.45) is -0.453. The number of carbonyl (C=O) groups is 1. The van der Waals surface area contributed by atoms with Gasteiger partial charge in [0.2, 0.25) is 5.91 Å². The molecule has 3 aromatic carbocycles. The molecule has 0 spiro atoms. The van der Waals surface area contributed by atoms with Gasteiger partial charge in [-0.2, -0.15) is 0 Å². The van der Waals surface area contributed by atoms with E-state index in [2.05, 4.69) is 17.4 Å². The van der Waals surface area contributed by atoms with E-state index < -0.39 is 17.8 Å². The number of ether oxygens (including phenoxy) is 3. The number of rotatable bonds is 8. The molecule has 3 aromatic rings. The summed E-state index contributed by atoms with van der Waals surface area (Å²) in [4.78, 5) is 12.6. The van der Waals surface area contributed by atoms with Gasteiger partial charge in [-0.3, -0.25) is 4.79 Å². The normalized spacial score (nSPS) is 18.5. The molecule has 0 aromatic heterocycles. The van der Waals surface area contributed by atoms with Crippen molar-refractivity contribution in [3.63, 3.8) is 0 Å². The first-order valence-electron chi connectivity index (χ1n) is 11.4. The van der Waals surface area contributed by atoms with Crippen LogP contribution in [0.15, 0.2) is 72.8 Å². The van der Waals surface area contributed by atoms with Crippen molar-refractivity contribution in [3.05, 3.63) is 89.5 Å². The number of aliphatic hydroxyl groups excluding tert-OH is 1. The van der Waals surface area contributed by atoms with Crippen molar-refractivity contribution in [1.82, 2.24) is 0 Å². The second kappa shape index (κ2) is 10.3. The van der Waals surface area contributed by atoms with E-state index in [1.165, 1.54) is 5.56 Å². The first kappa shape index (κ1) is 23.8. The fourth-order valence-electron chi connectivity index (χ4n) is 4.08. The Morgan fingerprint density at radius 3 is 2.47 bits per heavy atom. The maximum Gasteiger partial charge on any atom is 0.228 e. The molecule has 2 atom stereocenters. The van der Waals surface area contributed by atoms with E-state index in [0.717, 1.165) is 23.3 Å². The standard InChI is InChI=1S/C28H31NO5/c1-28(2)27(31)26(33-16-15-19-7-5-4-6-8-19)23-18-21(11-14-24(23)34-28)29-25(30)17-20-9-12-22(32-3)13-10-20/h4-14,18,26-27,31H,15-17H2,1-3H3,(H,29,30). The van der Waals surface area contributed by atoms with Gasteiger partial charge in [0, 0.05) is 11.3 Å². The van der Waals surface area contributed by atoms with Crippen molar-refractivity contribution < 1.29 is 24.1 Å². The van der Waals surface area contributed by atoms with Crippen LogP contribution < -0.4 is 14.8 Å². The van der Waals surface area contributed by atoms with Gasteiger partial charge in [0.15, 0.2) is 0 Å². The van der Waals surface area contributed by atoms with Crippen LogP contribution in [0.1, 0.15) is 36.6 Å². The van der Waals surface area contributed by atoms with Crippen LogP contribution >= 0.6 is 0 Å². The van der Waals surface area contributed by atoms with Crippen molar-refractivity contribution in [2.24, 2.45) is 0 Å². The molecule has 0 bridgehead atoms. The summed E-state index contributed by atoms with van der Waals surface area (Å²) in [5, 5.41) is 13.9. The second-order valence-corrected chi connectivity index (χ2v) is 9.00. The Bertz CT molecular complexity index is 1110. The quantitative estimate of drug-likeness (QED) is 0.508. The van der Waals surface area contributed by atoms with Gasteiger partial charge in [0.05, 0.1) is 20.1 Å². The zero-order chi connectivity index (χ0) is 24.1. The molecule has 4 rings (SSSR count). The Morgan fingerprint density at radius 2 is 1.76 bits per heavy atom. The molecule has 178 valence electrons. The van der Waals surface area contributed by atoms with Crippen LogP contribution in [0.3, 0.4) is 0 Å². The van der Waals surface area contributed by atoms with Crippen LogP contribution in [-0.4, -0.2) is 36.4 Å². The lowest BCUT2D eigenvalue weighted by Gasteiger charge is -2.42. The average Bonchev–Trinajstić information content (AvgIpc) is 2.83. The number of fused-ring (bicyclic) bond motifs is 1. The van der Waals surface area contributed by atoms with Gasteiger partial charge >= 0.3 is 0 Å². The molecule has 0 aliphatic carbocycles. The Kier molecular flexibility index (Phi) is 7.20. The zero-order valence-electron chi connectivity index (χ0n) is 19.8. The van der Waals surface area contributed by atoms with Crippen molar-refractivity contribution in [1.29, 1.82) is 0 Å². The maximum absolute atomic E-state index is 12.6. The van der Waals surface area contributed by atoms with E-state index in [1.54, 1.807) is 13.2 Å². The maximum atomic E-state index is 12.6. The molecule has 1 aliphatic heterocycles. The van der Waals surface area contributed by atoms with E-state index in [9.17, 15) is 9.90 Å². The third kappa shape index (κ3) is 5.58. The monoisotopic (exact) mass is 461 g/mol. The van der Waals surface area contributed by atoms with Gasteiger partial charge in [-0.15, -0.1) is 0 Å². The van der Waals surface area contributed by atoms with Crippen molar-refractivity contribution in [3.8, 4) is 11.5 Å². The highest BCUT2D eigenvalue weighted by Gasteiger charge is 2.43. The third-order valence-corrected chi connectivity index (χ3v) is 6.03.